The number of fused-ring (bicyclic) bond motifs is 2. The van der Waals surface area contributed by atoms with Crippen LogP contribution in [0.1, 0.15) is 33.6 Å². The quantitative estimate of drug-likeness (QED) is 0.466. The Morgan fingerprint density at radius 2 is 1.71 bits per heavy atom. The molecule has 0 aromatic rings. The lowest BCUT2D eigenvalue weighted by atomic mass is 9.48. The second-order valence-corrected chi connectivity index (χ2v) is 8.06. The molecule has 120 valence electrons. The summed E-state index contributed by atoms with van der Waals surface area (Å²) in [5.41, 5.74) is -4.63. The standard InChI is InChI=1S/C15H24O6/c1-12(2)7-4-9(16)14-6-20-8(11(14)18)5-13(3,19)15(14,21-12)10(7)17/h7-11,16-19H,4-6H2,1-3H3/t7-,8+,9+,10+,11+,13+,14-,15+/m1/s1. The minimum Gasteiger partial charge on any atom is -0.392 e. The molecule has 8 atom stereocenters. The van der Waals surface area contributed by atoms with Crippen molar-refractivity contribution in [2.75, 3.05) is 6.61 Å². The number of hydrogen-bond donors (Lipinski definition) is 4. The molecule has 0 unspecified atom stereocenters. The van der Waals surface area contributed by atoms with Crippen LogP contribution >= 0.6 is 0 Å². The van der Waals surface area contributed by atoms with Crippen LogP contribution in [0.15, 0.2) is 0 Å². The van der Waals surface area contributed by atoms with Gasteiger partial charge in [0.15, 0.2) is 0 Å². The van der Waals surface area contributed by atoms with Gasteiger partial charge in [-0.15, -0.1) is 0 Å². The predicted octanol–water partition coefficient (Wildman–Crippen LogP) is -0.823. The molecule has 4 bridgehead atoms. The molecule has 21 heavy (non-hydrogen) atoms. The van der Waals surface area contributed by atoms with E-state index in [1.54, 1.807) is 6.92 Å². The van der Waals surface area contributed by atoms with Gasteiger partial charge in [-0.25, -0.2) is 0 Å². The van der Waals surface area contributed by atoms with E-state index in [-0.39, 0.29) is 18.9 Å². The third kappa shape index (κ3) is 1.24. The molecular weight excluding hydrogens is 276 g/mol. The predicted molar refractivity (Wildman–Crippen MR) is 71.4 cm³/mol. The molecule has 0 radical (unpaired) electrons. The third-order valence-electron chi connectivity index (χ3n) is 6.69. The van der Waals surface area contributed by atoms with Crippen LogP contribution < -0.4 is 0 Å². The highest BCUT2D eigenvalue weighted by molar-refractivity contribution is 5.32. The summed E-state index contributed by atoms with van der Waals surface area (Å²) in [6.45, 7) is 5.45. The molecule has 6 nitrogen and oxygen atoms in total. The molecule has 4 rings (SSSR count). The average molecular weight is 300 g/mol. The number of ether oxygens (including phenoxy) is 2. The van der Waals surface area contributed by atoms with Crippen LogP contribution in [-0.2, 0) is 9.47 Å². The van der Waals surface area contributed by atoms with Gasteiger partial charge in [-0.3, -0.25) is 0 Å². The van der Waals surface area contributed by atoms with Crippen LogP contribution in [0.25, 0.3) is 0 Å². The van der Waals surface area contributed by atoms with Crippen LogP contribution in [0, 0.1) is 11.3 Å². The highest BCUT2D eigenvalue weighted by atomic mass is 16.6. The summed E-state index contributed by atoms with van der Waals surface area (Å²) in [5, 5.41) is 43.5. The normalized spacial score (nSPS) is 64.4. The zero-order valence-electron chi connectivity index (χ0n) is 12.6. The van der Waals surface area contributed by atoms with Crippen molar-refractivity contribution >= 4 is 0 Å². The van der Waals surface area contributed by atoms with E-state index in [9.17, 15) is 20.4 Å². The van der Waals surface area contributed by atoms with Crippen molar-refractivity contribution < 1.29 is 29.9 Å². The highest BCUT2D eigenvalue weighted by Crippen LogP contribution is 2.68. The fraction of sp³-hybridized carbons (Fsp3) is 1.00. The van der Waals surface area contributed by atoms with Crippen molar-refractivity contribution in [1.82, 2.24) is 0 Å². The molecule has 2 saturated heterocycles. The minimum atomic E-state index is -1.40. The van der Waals surface area contributed by atoms with Gasteiger partial charge >= 0.3 is 0 Å². The number of aliphatic hydroxyl groups is 4. The maximum atomic E-state index is 11.1. The van der Waals surface area contributed by atoms with Gasteiger partial charge in [0.2, 0.25) is 0 Å². The van der Waals surface area contributed by atoms with E-state index in [2.05, 4.69) is 0 Å². The van der Waals surface area contributed by atoms with Crippen molar-refractivity contribution in [2.24, 2.45) is 11.3 Å². The molecule has 2 aliphatic heterocycles. The Hall–Kier alpha value is -0.240. The van der Waals surface area contributed by atoms with E-state index < -0.39 is 46.6 Å². The first-order valence-electron chi connectivity index (χ1n) is 7.68. The van der Waals surface area contributed by atoms with Crippen LogP contribution in [0.3, 0.4) is 0 Å². The number of hydrogen-bond acceptors (Lipinski definition) is 6. The Bertz CT molecular complexity index is 491. The van der Waals surface area contributed by atoms with E-state index in [1.165, 1.54) is 0 Å². The third-order valence-corrected chi connectivity index (χ3v) is 6.69. The molecule has 4 N–H and O–H groups in total. The van der Waals surface area contributed by atoms with E-state index in [0.717, 1.165) is 0 Å². The Balaban J connectivity index is 1.99. The summed E-state index contributed by atoms with van der Waals surface area (Å²) in [5.74, 6) is -0.283. The van der Waals surface area contributed by atoms with Gasteiger partial charge < -0.3 is 29.9 Å². The Kier molecular flexibility index (Phi) is 2.48. The van der Waals surface area contributed by atoms with Crippen molar-refractivity contribution in [1.29, 1.82) is 0 Å². The molecule has 2 heterocycles. The van der Waals surface area contributed by atoms with E-state index in [4.69, 9.17) is 9.47 Å². The fourth-order valence-corrected chi connectivity index (χ4v) is 5.71. The monoisotopic (exact) mass is 300 g/mol. The summed E-state index contributed by atoms with van der Waals surface area (Å²) in [6, 6.07) is 0. The van der Waals surface area contributed by atoms with Gasteiger partial charge in [0.05, 0.1) is 47.6 Å². The maximum absolute atomic E-state index is 11.1. The molecule has 6 heteroatoms. The Morgan fingerprint density at radius 3 is 2.38 bits per heavy atom. The van der Waals surface area contributed by atoms with Crippen LogP contribution in [-0.4, -0.2) is 68.3 Å². The van der Waals surface area contributed by atoms with Crippen LogP contribution in [0.5, 0.6) is 0 Å². The summed E-state index contributed by atoms with van der Waals surface area (Å²) >= 11 is 0. The zero-order valence-corrected chi connectivity index (χ0v) is 12.6. The topological polar surface area (TPSA) is 99.4 Å². The Labute approximate surface area is 123 Å². The van der Waals surface area contributed by atoms with Gasteiger partial charge in [-0.05, 0) is 27.2 Å². The van der Waals surface area contributed by atoms with Crippen molar-refractivity contribution in [3.05, 3.63) is 0 Å². The maximum Gasteiger partial charge on any atom is 0.136 e. The molecule has 2 aliphatic carbocycles. The van der Waals surface area contributed by atoms with Gasteiger partial charge in [-0.2, -0.15) is 0 Å². The van der Waals surface area contributed by atoms with Crippen molar-refractivity contribution in [3.63, 3.8) is 0 Å². The second-order valence-electron chi connectivity index (χ2n) is 8.06. The largest absolute Gasteiger partial charge is 0.392 e. The van der Waals surface area contributed by atoms with Gasteiger partial charge in [0.25, 0.3) is 0 Å². The smallest absolute Gasteiger partial charge is 0.136 e. The molecule has 0 aromatic heterocycles. The summed E-state index contributed by atoms with van der Waals surface area (Å²) < 4.78 is 11.9. The van der Waals surface area contributed by atoms with Crippen molar-refractivity contribution in [2.45, 2.75) is 74.8 Å². The molecule has 2 saturated carbocycles. The minimum absolute atomic E-state index is 0.0933. The molecule has 2 spiro atoms. The molecule has 4 aliphatic rings. The lowest BCUT2D eigenvalue weighted by Crippen LogP contribution is -2.79. The molecular formula is C15H24O6. The zero-order chi connectivity index (χ0) is 15.4. The first-order chi connectivity index (χ1) is 9.60. The van der Waals surface area contributed by atoms with Gasteiger partial charge in [0, 0.05) is 12.3 Å². The lowest BCUT2D eigenvalue weighted by molar-refractivity contribution is -0.319. The van der Waals surface area contributed by atoms with Crippen molar-refractivity contribution in [3.8, 4) is 0 Å². The summed E-state index contributed by atoms with van der Waals surface area (Å²) in [4.78, 5) is 0. The number of rotatable bonds is 0. The Morgan fingerprint density at radius 1 is 1.05 bits per heavy atom. The van der Waals surface area contributed by atoms with Crippen LogP contribution in [0.4, 0.5) is 0 Å². The van der Waals surface area contributed by atoms with Crippen LogP contribution in [0.2, 0.25) is 0 Å². The fourth-order valence-electron chi connectivity index (χ4n) is 5.71. The highest BCUT2D eigenvalue weighted by Gasteiger charge is 2.84. The second kappa shape index (κ2) is 3.63. The van der Waals surface area contributed by atoms with Gasteiger partial charge in [-0.1, -0.05) is 0 Å². The summed E-state index contributed by atoms with van der Waals surface area (Å²) in [7, 11) is 0. The van der Waals surface area contributed by atoms with E-state index in [0.29, 0.717) is 6.42 Å². The lowest BCUT2D eigenvalue weighted by Gasteiger charge is -2.61. The van der Waals surface area contributed by atoms with E-state index in [1.807, 2.05) is 13.8 Å². The first kappa shape index (κ1) is 14.4. The SMILES string of the molecule is CC1(C)O[C@]23[C@@H](O)[C@H]1C[C@H](O)[C@@]21CO[C@@H](C[C@]3(C)O)[C@@H]1O. The summed E-state index contributed by atoms with van der Waals surface area (Å²) in [6.07, 6.45) is -2.78. The molecule has 4 fully saturated rings. The molecule has 0 aromatic carbocycles. The average Bonchev–Trinajstić information content (AvgIpc) is 2.69. The van der Waals surface area contributed by atoms with Gasteiger partial charge in [0.1, 0.15) is 5.60 Å². The van der Waals surface area contributed by atoms with E-state index >= 15 is 0 Å². The number of aliphatic hydroxyl groups excluding tert-OH is 3. The molecule has 0 amide bonds. The first-order valence-corrected chi connectivity index (χ1v) is 7.68.